The molecule has 8 nitrogen and oxygen atoms in total. The van der Waals surface area contributed by atoms with Gasteiger partial charge in [-0.15, -0.1) is 0 Å². The molecule has 0 aliphatic carbocycles. The van der Waals surface area contributed by atoms with Gasteiger partial charge in [-0.05, 0) is 37.3 Å². The number of hydrogen-bond donors (Lipinski definition) is 2. The second kappa shape index (κ2) is 7.67. The second-order valence-corrected chi connectivity index (χ2v) is 6.82. The predicted molar refractivity (Wildman–Crippen MR) is 103 cm³/mol. The van der Waals surface area contributed by atoms with Crippen molar-refractivity contribution in [3.05, 3.63) is 51.9 Å². The third-order valence-corrected chi connectivity index (χ3v) is 4.91. The number of carbonyl (C=O) groups is 2. The summed E-state index contributed by atoms with van der Waals surface area (Å²) in [5.41, 5.74) is 2.66. The van der Waals surface area contributed by atoms with Gasteiger partial charge in [0.2, 0.25) is 5.91 Å². The number of anilines is 1. The van der Waals surface area contributed by atoms with Crippen molar-refractivity contribution >= 4 is 40.4 Å². The summed E-state index contributed by atoms with van der Waals surface area (Å²) < 4.78 is 6.05. The van der Waals surface area contributed by atoms with E-state index in [0.717, 1.165) is 5.69 Å². The number of H-pyrrole nitrogens is 1. The van der Waals surface area contributed by atoms with Crippen LogP contribution >= 0.6 is 11.8 Å². The molecule has 2 N–H and O–H groups in total. The number of ether oxygens (including phenoxy) is 1. The lowest BCUT2D eigenvalue weighted by atomic mass is 10.2. The lowest BCUT2D eigenvalue weighted by Gasteiger charge is -2.08. The number of amides is 1. The van der Waals surface area contributed by atoms with Crippen LogP contribution in [-0.4, -0.2) is 39.3 Å². The van der Waals surface area contributed by atoms with Crippen LogP contribution in [0.3, 0.4) is 0 Å². The lowest BCUT2D eigenvalue weighted by molar-refractivity contribution is -0.113. The normalized spacial score (nSPS) is 10.8. The first-order valence-electron chi connectivity index (χ1n) is 8.06. The maximum absolute atomic E-state index is 12.3. The number of nitrogens with zero attached hydrogens (tertiary/aromatic N) is 2. The van der Waals surface area contributed by atoms with Crippen molar-refractivity contribution in [3.8, 4) is 0 Å². The number of aryl methyl sites for hydroxylation is 1. The van der Waals surface area contributed by atoms with E-state index in [1.165, 1.54) is 23.4 Å². The van der Waals surface area contributed by atoms with Crippen LogP contribution in [-0.2, 0) is 16.6 Å². The topological polar surface area (TPSA) is 106 Å². The van der Waals surface area contributed by atoms with E-state index in [0.29, 0.717) is 27.4 Å². The van der Waals surface area contributed by atoms with E-state index in [1.54, 1.807) is 37.4 Å². The molecule has 2 aromatic heterocycles. The fourth-order valence-electron chi connectivity index (χ4n) is 2.52. The van der Waals surface area contributed by atoms with Crippen LogP contribution in [0.4, 0.5) is 5.69 Å². The van der Waals surface area contributed by atoms with Crippen LogP contribution in [0.25, 0.3) is 11.0 Å². The quantitative estimate of drug-likeness (QED) is 0.395. The van der Waals surface area contributed by atoms with Crippen LogP contribution < -0.4 is 10.9 Å². The molecule has 0 fully saturated rings. The molecule has 0 saturated carbocycles. The number of hydrogen-bond acceptors (Lipinski definition) is 6. The largest absolute Gasteiger partial charge is 0.465 e. The molecule has 3 rings (SSSR count). The molecule has 1 amide bonds. The Kier molecular flexibility index (Phi) is 5.31. The van der Waals surface area contributed by atoms with E-state index in [9.17, 15) is 14.4 Å². The van der Waals surface area contributed by atoms with Gasteiger partial charge in [0.1, 0.15) is 5.52 Å². The summed E-state index contributed by atoms with van der Waals surface area (Å²) in [6.07, 6.45) is 0. The second-order valence-electron chi connectivity index (χ2n) is 5.88. The van der Waals surface area contributed by atoms with Gasteiger partial charge in [0, 0.05) is 18.4 Å². The van der Waals surface area contributed by atoms with Gasteiger partial charge in [-0.1, -0.05) is 11.8 Å². The molecule has 1 aromatic carbocycles. The van der Waals surface area contributed by atoms with Crippen LogP contribution in [0.1, 0.15) is 16.1 Å². The van der Waals surface area contributed by atoms with E-state index in [-0.39, 0.29) is 17.2 Å². The number of carbonyl (C=O) groups excluding carboxylic acids is 2. The fourth-order valence-corrected chi connectivity index (χ4v) is 3.29. The van der Waals surface area contributed by atoms with Gasteiger partial charge in [-0.25, -0.2) is 9.78 Å². The Labute approximate surface area is 158 Å². The van der Waals surface area contributed by atoms with Crippen molar-refractivity contribution in [2.75, 3.05) is 18.2 Å². The number of methoxy groups -OCH3 is 1. The number of aromatic amines is 1. The van der Waals surface area contributed by atoms with Crippen LogP contribution in [0.5, 0.6) is 0 Å². The summed E-state index contributed by atoms with van der Waals surface area (Å²) in [5.74, 6) is -0.593. The predicted octanol–water partition coefficient (Wildman–Crippen LogP) is 2.09. The van der Waals surface area contributed by atoms with Gasteiger partial charge in [-0.3, -0.25) is 14.2 Å². The third kappa shape index (κ3) is 4.03. The summed E-state index contributed by atoms with van der Waals surface area (Å²) in [7, 11) is 2.93. The molecule has 0 spiro atoms. The van der Waals surface area contributed by atoms with Crippen molar-refractivity contribution in [3.63, 3.8) is 0 Å². The molecular formula is C18H18N4O4S. The Hall–Kier alpha value is -3.07. The van der Waals surface area contributed by atoms with Crippen molar-refractivity contribution in [1.29, 1.82) is 0 Å². The number of esters is 1. The summed E-state index contributed by atoms with van der Waals surface area (Å²) >= 11 is 1.18. The van der Waals surface area contributed by atoms with Crippen LogP contribution in [0.15, 0.2) is 40.3 Å². The molecule has 0 unspecified atom stereocenters. The minimum Gasteiger partial charge on any atom is -0.465 e. The molecule has 3 aromatic rings. The molecule has 0 bridgehead atoms. The highest BCUT2D eigenvalue weighted by molar-refractivity contribution is 7.99. The number of fused-ring (bicyclic) bond motifs is 1. The first kappa shape index (κ1) is 18.7. The van der Waals surface area contributed by atoms with E-state index in [2.05, 4.69) is 20.0 Å². The number of aromatic nitrogens is 3. The Morgan fingerprint density at radius 3 is 2.67 bits per heavy atom. The van der Waals surface area contributed by atoms with E-state index in [1.807, 2.05) is 6.92 Å². The zero-order chi connectivity index (χ0) is 19.6. The molecule has 27 heavy (non-hydrogen) atoms. The minimum atomic E-state index is -0.439. The highest BCUT2D eigenvalue weighted by Gasteiger charge is 2.13. The maximum Gasteiger partial charge on any atom is 0.337 e. The van der Waals surface area contributed by atoms with Crippen molar-refractivity contribution in [2.45, 2.75) is 12.1 Å². The summed E-state index contributed by atoms with van der Waals surface area (Å²) in [4.78, 5) is 43.4. The molecule has 0 saturated heterocycles. The number of thioether (sulfide) groups is 1. The number of rotatable bonds is 5. The molecule has 9 heteroatoms. The van der Waals surface area contributed by atoms with Crippen LogP contribution in [0.2, 0.25) is 0 Å². The number of nitrogens with one attached hydrogen (secondary N) is 2. The molecule has 2 heterocycles. The summed E-state index contributed by atoms with van der Waals surface area (Å²) in [5, 5.41) is 3.20. The zero-order valence-electron chi connectivity index (χ0n) is 15.0. The monoisotopic (exact) mass is 386 g/mol. The van der Waals surface area contributed by atoms with Gasteiger partial charge < -0.3 is 15.0 Å². The molecular weight excluding hydrogens is 368 g/mol. The van der Waals surface area contributed by atoms with Crippen molar-refractivity contribution in [1.82, 2.24) is 14.5 Å². The van der Waals surface area contributed by atoms with Gasteiger partial charge in [0.15, 0.2) is 5.16 Å². The van der Waals surface area contributed by atoms with Gasteiger partial charge >= 0.3 is 5.97 Å². The lowest BCUT2D eigenvalue weighted by Crippen LogP contribution is -2.21. The van der Waals surface area contributed by atoms with Crippen LogP contribution in [0, 0.1) is 6.92 Å². The molecule has 0 radical (unpaired) electrons. The van der Waals surface area contributed by atoms with Crippen molar-refractivity contribution < 1.29 is 14.3 Å². The highest BCUT2D eigenvalue weighted by atomic mass is 32.2. The van der Waals surface area contributed by atoms with Gasteiger partial charge in [0.25, 0.3) is 5.56 Å². The first-order chi connectivity index (χ1) is 12.9. The van der Waals surface area contributed by atoms with Crippen molar-refractivity contribution in [2.24, 2.45) is 7.05 Å². The van der Waals surface area contributed by atoms with E-state index in [4.69, 9.17) is 0 Å². The number of benzene rings is 1. The van der Waals surface area contributed by atoms with Gasteiger partial charge in [0.05, 0.1) is 23.9 Å². The standard InChI is InChI=1S/C18H18N4O4S/c1-10-8-13-15(19-10)16(24)22(2)18(21-13)27-9-14(23)20-12-6-4-11(5-7-12)17(25)26-3/h4-8,19H,9H2,1-3H3,(H,20,23). The fraction of sp³-hybridized carbons (Fsp3) is 0.222. The van der Waals surface area contributed by atoms with E-state index >= 15 is 0 Å². The maximum atomic E-state index is 12.3. The third-order valence-electron chi connectivity index (χ3n) is 3.88. The Morgan fingerprint density at radius 2 is 2.00 bits per heavy atom. The average Bonchev–Trinajstić information content (AvgIpc) is 3.04. The Bertz CT molecular complexity index is 1070. The zero-order valence-corrected chi connectivity index (χ0v) is 15.8. The summed E-state index contributed by atoms with van der Waals surface area (Å²) in [6, 6.07) is 8.18. The molecule has 0 aliphatic heterocycles. The molecule has 0 atom stereocenters. The highest BCUT2D eigenvalue weighted by Crippen LogP contribution is 2.18. The minimum absolute atomic E-state index is 0.0912. The average molecular weight is 386 g/mol. The SMILES string of the molecule is COC(=O)c1ccc(NC(=O)CSc2nc3cc(C)[nH]c3c(=O)n2C)cc1. The summed E-state index contributed by atoms with van der Waals surface area (Å²) in [6.45, 7) is 1.85. The molecule has 140 valence electrons. The molecule has 0 aliphatic rings. The van der Waals surface area contributed by atoms with Gasteiger partial charge in [-0.2, -0.15) is 0 Å². The Morgan fingerprint density at radius 1 is 1.30 bits per heavy atom. The van der Waals surface area contributed by atoms with E-state index < -0.39 is 5.97 Å². The first-order valence-corrected chi connectivity index (χ1v) is 9.05. The Balaban J connectivity index is 1.67. The smallest absolute Gasteiger partial charge is 0.337 e.